The molecule has 0 saturated carbocycles. The molecule has 22 heavy (non-hydrogen) atoms. The van der Waals surface area contributed by atoms with Gasteiger partial charge in [-0.05, 0) is 67.6 Å². The van der Waals surface area contributed by atoms with E-state index in [1.165, 1.54) is 0 Å². The smallest absolute Gasteiger partial charge is 0.410 e. The van der Waals surface area contributed by atoms with Crippen LogP contribution >= 0.6 is 15.9 Å². The van der Waals surface area contributed by atoms with E-state index in [2.05, 4.69) is 20.9 Å². The van der Waals surface area contributed by atoms with Crippen molar-refractivity contribution in [2.24, 2.45) is 0 Å². The summed E-state index contributed by atoms with van der Waals surface area (Å²) in [6, 6.07) is 2.12. The van der Waals surface area contributed by atoms with Crippen LogP contribution in [-0.2, 0) is 4.74 Å². The molecular formula is C16H20BrFN2O2. The summed E-state index contributed by atoms with van der Waals surface area (Å²) in [5.41, 5.74) is 0.490. The SMILES string of the molecule is CC(C)(C)OC(=O)N1C2CCC1C(c1cnc(F)c(Br)c1)C2. The second-order valence-electron chi connectivity index (χ2n) is 7.07. The maximum absolute atomic E-state index is 13.3. The second kappa shape index (κ2) is 5.48. The first-order valence-electron chi connectivity index (χ1n) is 7.58. The number of pyridine rings is 1. The number of aromatic nitrogens is 1. The van der Waals surface area contributed by atoms with Crippen LogP contribution in [0.4, 0.5) is 9.18 Å². The van der Waals surface area contributed by atoms with E-state index >= 15 is 0 Å². The van der Waals surface area contributed by atoms with Crippen LogP contribution in [0.5, 0.6) is 0 Å². The van der Waals surface area contributed by atoms with Crippen LogP contribution in [0.25, 0.3) is 0 Å². The Balaban J connectivity index is 1.81. The van der Waals surface area contributed by atoms with Crippen LogP contribution < -0.4 is 0 Å². The highest BCUT2D eigenvalue weighted by Crippen LogP contribution is 2.47. The number of amides is 1. The van der Waals surface area contributed by atoms with E-state index in [1.807, 2.05) is 25.7 Å². The number of fused-ring (bicyclic) bond motifs is 2. The van der Waals surface area contributed by atoms with Crippen LogP contribution in [0.3, 0.4) is 0 Å². The molecule has 2 saturated heterocycles. The molecule has 0 radical (unpaired) electrons. The Morgan fingerprint density at radius 1 is 1.45 bits per heavy atom. The van der Waals surface area contributed by atoms with Crippen molar-refractivity contribution in [2.75, 3.05) is 0 Å². The normalized spacial score (nSPS) is 27.3. The molecule has 0 aromatic carbocycles. The van der Waals surface area contributed by atoms with Crippen molar-refractivity contribution < 1.29 is 13.9 Å². The molecule has 120 valence electrons. The third-order valence-corrected chi connectivity index (χ3v) is 4.94. The van der Waals surface area contributed by atoms with Gasteiger partial charge in [0, 0.05) is 24.2 Å². The first-order valence-corrected chi connectivity index (χ1v) is 8.38. The molecule has 2 bridgehead atoms. The highest BCUT2D eigenvalue weighted by molar-refractivity contribution is 9.10. The van der Waals surface area contributed by atoms with Gasteiger partial charge in [0.15, 0.2) is 0 Å². The lowest BCUT2D eigenvalue weighted by Crippen LogP contribution is -2.40. The fourth-order valence-corrected chi connectivity index (χ4v) is 3.95. The van der Waals surface area contributed by atoms with Gasteiger partial charge in [-0.1, -0.05) is 0 Å². The number of nitrogens with zero attached hydrogens (tertiary/aromatic N) is 2. The van der Waals surface area contributed by atoms with Crippen LogP contribution in [-0.4, -0.2) is 33.7 Å². The van der Waals surface area contributed by atoms with Crippen LogP contribution in [0.15, 0.2) is 16.7 Å². The minimum Gasteiger partial charge on any atom is -0.444 e. The molecule has 0 spiro atoms. The predicted octanol–water partition coefficient (Wildman–Crippen LogP) is 4.24. The minimum atomic E-state index is -0.504. The number of rotatable bonds is 1. The van der Waals surface area contributed by atoms with Crippen LogP contribution in [0.2, 0.25) is 0 Å². The molecule has 1 amide bonds. The molecule has 2 fully saturated rings. The molecule has 1 aromatic heterocycles. The Morgan fingerprint density at radius 2 is 2.18 bits per heavy atom. The summed E-state index contributed by atoms with van der Waals surface area (Å²) < 4.78 is 19.2. The van der Waals surface area contributed by atoms with Gasteiger partial charge in [0.25, 0.3) is 0 Å². The highest BCUT2D eigenvalue weighted by atomic mass is 79.9. The lowest BCUT2D eigenvalue weighted by molar-refractivity contribution is 0.0213. The number of ether oxygens (including phenoxy) is 1. The molecule has 3 rings (SSSR count). The third-order valence-electron chi connectivity index (χ3n) is 4.39. The van der Waals surface area contributed by atoms with E-state index in [9.17, 15) is 9.18 Å². The first-order chi connectivity index (χ1) is 10.3. The Hall–Kier alpha value is -1.17. The number of hydrogen-bond donors (Lipinski definition) is 0. The van der Waals surface area contributed by atoms with E-state index in [4.69, 9.17) is 4.74 Å². The van der Waals surface area contributed by atoms with E-state index in [-0.39, 0.29) is 24.1 Å². The monoisotopic (exact) mass is 370 g/mol. The first kappa shape index (κ1) is 15.7. The highest BCUT2D eigenvalue weighted by Gasteiger charge is 2.50. The number of halogens is 2. The van der Waals surface area contributed by atoms with Crippen molar-refractivity contribution in [1.29, 1.82) is 0 Å². The van der Waals surface area contributed by atoms with Gasteiger partial charge in [0.05, 0.1) is 4.47 Å². The van der Waals surface area contributed by atoms with E-state index in [0.29, 0.717) is 4.47 Å². The van der Waals surface area contributed by atoms with Gasteiger partial charge in [-0.2, -0.15) is 4.39 Å². The Bertz CT molecular complexity index is 602. The molecule has 3 atom stereocenters. The third kappa shape index (κ3) is 2.85. The predicted molar refractivity (Wildman–Crippen MR) is 84.1 cm³/mol. The standard InChI is InChI=1S/C16H20BrFN2O2/c1-16(2,3)22-15(21)20-10-4-5-13(20)11(7-10)9-6-12(17)14(18)19-8-9/h6,8,10-11,13H,4-5,7H2,1-3H3. The topological polar surface area (TPSA) is 42.4 Å². The Labute approximate surface area is 138 Å². The summed E-state index contributed by atoms with van der Waals surface area (Å²) >= 11 is 3.19. The van der Waals surface area contributed by atoms with Gasteiger partial charge in [-0.25, -0.2) is 9.78 Å². The van der Waals surface area contributed by atoms with Crippen molar-refractivity contribution in [1.82, 2.24) is 9.88 Å². The lowest BCUT2D eigenvalue weighted by Gasteiger charge is -2.28. The number of carbonyl (C=O) groups is 1. The van der Waals surface area contributed by atoms with E-state index in [0.717, 1.165) is 24.8 Å². The Morgan fingerprint density at radius 3 is 2.82 bits per heavy atom. The van der Waals surface area contributed by atoms with Crippen LogP contribution in [0.1, 0.15) is 51.5 Å². The van der Waals surface area contributed by atoms with Crippen molar-refractivity contribution in [3.8, 4) is 0 Å². The van der Waals surface area contributed by atoms with Crippen molar-refractivity contribution in [3.63, 3.8) is 0 Å². The average Bonchev–Trinajstić information content (AvgIpc) is 2.97. The maximum atomic E-state index is 13.3. The average molecular weight is 371 g/mol. The molecule has 2 aliphatic rings. The molecule has 2 aliphatic heterocycles. The van der Waals surface area contributed by atoms with Gasteiger partial charge < -0.3 is 9.64 Å². The van der Waals surface area contributed by atoms with Gasteiger partial charge in [-0.15, -0.1) is 0 Å². The van der Waals surface area contributed by atoms with Crippen molar-refractivity contribution in [2.45, 2.75) is 63.6 Å². The molecule has 0 aliphatic carbocycles. The quantitative estimate of drug-likeness (QED) is 0.694. The zero-order valence-corrected chi connectivity index (χ0v) is 14.6. The lowest BCUT2D eigenvalue weighted by atomic mass is 9.85. The second-order valence-corrected chi connectivity index (χ2v) is 7.92. The largest absolute Gasteiger partial charge is 0.444 e. The maximum Gasteiger partial charge on any atom is 0.410 e. The zero-order valence-electron chi connectivity index (χ0n) is 13.0. The summed E-state index contributed by atoms with van der Waals surface area (Å²) in [7, 11) is 0. The van der Waals surface area contributed by atoms with E-state index in [1.54, 1.807) is 12.3 Å². The minimum absolute atomic E-state index is 0.124. The fraction of sp³-hybridized carbons (Fsp3) is 0.625. The summed E-state index contributed by atoms with van der Waals surface area (Å²) in [5, 5.41) is 0. The summed E-state index contributed by atoms with van der Waals surface area (Å²) in [4.78, 5) is 18.1. The molecule has 3 heterocycles. The van der Waals surface area contributed by atoms with Gasteiger partial charge in [0.1, 0.15) is 5.60 Å². The molecular weight excluding hydrogens is 351 g/mol. The van der Waals surface area contributed by atoms with Crippen LogP contribution in [0, 0.1) is 5.95 Å². The van der Waals surface area contributed by atoms with Crippen molar-refractivity contribution >= 4 is 22.0 Å². The Kier molecular flexibility index (Phi) is 3.91. The van der Waals surface area contributed by atoms with Gasteiger partial charge in [0.2, 0.25) is 5.95 Å². The summed E-state index contributed by atoms with van der Waals surface area (Å²) in [5.74, 6) is -0.299. The van der Waals surface area contributed by atoms with Gasteiger partial charge in [-0.3, -0.25) is 0 Å². The molecule has 4 nitrogen and oxygen atoms in total. The van der Waals surface area contributed by atoms with Gasteiger partial charge >= 0.3 is 6.09 Å². The molecule has 3 unspecified atom stereocenters. The number of carbonyl (C=O) groups excluding carboxylic acids is 1. The molecule has 6 heteroatoms. The summed E-state index contributed by atoms with van der Waals surface area (Å²) in [6.45, 7) is 5.63. The number of hydrogen-bond acceptors (Lipinski definition) is 3. The van der Waals surface area contributed by atoms with Crippen molar-refractivity contribution in [3.05, 3.63) is 28.2 Å². The van der Waals surface area contributed by atoms with E-state index < -0.39 is 11.5 Å². The fourth-order valence-electron chi connectivity index (χ4n) is 3.58. The summed E-state index contributed by atoms with van der Waals surface area (Å²) in [6.07, 6.45) is 4.21. The molecule has 0 N–H and O–H groups in total. The molecule has 1 aromatic rings. The zero-order chi connectivity index (χ0) is 16.1.